The number of rotatable bonds is 3. The second kappa shape index (κ2) is 6.26. The fraction of sp³-hybridized carbons (Fsp3) is 0.150. The van der Waals surface area contributed by atoms with E-state index in [4.69, 9.17) is 0 Å². The number of para-hydroxylation sites is 2. The average molecular weight is 379 g/mol. The number of halogens is 2. The molecule has 2 heterocycles. The molecule has 6 nitrogen and oxygen atoms in total. The molecule has 0 saturated carbocycles. The summed E-state index contributed by atoms with van der Waals surface area (Å²) < 4.78 is 30.0. The first-order chi connectivity index (χ1) is 13.6. The summed E-state index contributed by atoms with van der Waals surface area (Å²) in [6, 6.07) is 11.0. The van der Waals surface area contributed by atoms with Gasteiger partial charge in [0.15, 0.2) is 17.3 Å². The highest BCUT2D eigenvalue weighted by atomic mass is 19.2. The van der Waals surface area contributed by atoms with Crippen LogP contribution in [-0.2, 0) is 12.8 Å². The largest absolute Gasteiger partial charge is 0.290 e. The van der Waals surface area contributed by atoms with Gasteiger partial charge in [-0.25, -0.2) is 23.1 Å². The maximum Gasteiger partial charge on any atom is 0.290 e. The molecule has 8 heteroatoms. The Morgan fingerprint density at radius 2 is 1.93 bits per heavy atom. The van der Waals surface area contributed by atoms with Crippen LogP contribution in [0, 0.1) is 11.6 Å². The number of fused-ring (bicyclic) bond motifs is 2. The molecule has 1 amide bonds. The van der Waals surface area contributed by atoms with Crippen molar-refractivity contribution >= 4 is 16.9 Å². The number of carbonyl (C=O) groups excluding carboxylic acids is 1. The number of amides is 1. The van der Waals surface area contributed by atoms with Crippen molar-refractivity contribution in [2.24, 2.45) is 0 Å². The second-order valence-corrected chi connectivity index (χ2v) is 6.68. The van der Waals surface area contributed by atoms with Gasteiger partial charge < -0.3 is 0 Å². The van der Waals surface area contributed by atoms with E-state index in [1.807, 2.05) is 24.3 Å². The summed E-state index contributed by atoms with van der Waals surface area (Å²) in [7, 11) is 0. The summed E-state index contributed by atoms with van der Waals surface area (Å²) in [5, 5.41) is 4.42. The Kier molecular flexibility index (Phi) is 3.71. The van der Waals surface area contributed by atoms with Gasteiger partial charge in [-0.2, -0.15) is 5.10 Å². The lowest BCUT2D eigenvalue weighted by atomic mass is 10.2. The van der Waals surface area contributed by atoms with Gasteiger partial charge in [0.2, 0.25) is 0 Å². The van der Waals surface area contributed by atoms with Gasteiger partial charge >= 0.3 is 0 Å². The summed E-state index contributed by atoms with van der Waals surface area (Å²) in [5.41, 5.74) is 6.71. The van der Waals surface area contributed by atoms with Gasteiger partial charge in [0, 0.05) is 17.3 Å². The highest BCUT2D eigenvalue weighted by Crippen LogP contribution is 2.28. The number of carbonyl (C=O) groups is 1. The van der Waals surface area contributed by atoms with Crippen LogP contribution in [0.2, 0.25) is 0 Å². The lowest BCUT2D eigenvalue weighted by Gasteiger charge is -2.07. The fourth-order valence-corrected chi connectivity index (χ4v) is 3.66. The number of benzene rings is 2. The van der Waals surface area contributed by atoms with E-state index in [1.165, 1.54) is 17.1 Å². The SMILES string of the molecule is O=C(Nn1cnc2ccccc21)c1nn(-c2ccc(F)c(F)c2)c2c1CCC2. The van der Waals surface area contributed by atoms with Crippen molar-refractivity contribution in [2.45, 2.75) is 19.3 Å². The lowest BCUT2D eigenvalue weighted by Crippen LogP contribution is -2.23. The van der Waals surface area contributed by atoms with Crippen LogP contribution in [0.3, 0.4) is 0 Å². The Bertz CT molecular complexity index is 1230. The number of aromatic nitrogens is 4. The first-order valence-corrected chi connectivity index (χ1v) is 8.91. The molecule has 4 aromatic rings. The van der Waals surface area contributed by atoms with Gasteiger partial charge in [-0.1, -0.05) is 12.1 Å². The van der Waals surface area contributed by atoms with Crippen LogP contribution in [-0.4, -0.2) is 25.3 Å². The molecular weight excluding hydrogens is 364 g/mol. The van der Waals surface area contributed by atoms with Crippen LogP contribution in [0.1, 0.15) is 28.2 Å². The quantitative estimate of drug-likeness (QED) is 0.594. The summed E-state index contributed by atoms with van der Waals surface area (Å²) in [4.78, 5) is 17.2. The van der Waals surface area contributed by atoms with E-state index in [9.17, 15) is 13.6 Å². The lowest BCUT2D eigenvalue weighted by molar-refractivity contribution is 0.100. The Morgan fingerprint density at radius 1 is 1.07 bits per heavy atom. The number of nitrogens with zero attached hydrogens (tertiary/aromatic N) is 4. The minimum absolute atomic E-state index is 0.287. The Balaban J connectivity index is 1.53. The molecule has 1 N–H and O–H groups in total. The molecule has 0 bridgehead atoms. The molecule has 0 aliphatic heterocycles. The first-order valence-electron chi connectivity index (χ1n) is 8.91. The molecule has 0 saturated heterocycles. The molecule has 0 spiro atoms. The second-order valence-electron chi connectivity index (χ2n) is 6.68. The van der Waals surface area contributed by atoms with E-state index in [1.54, 1.807) is 4.68 Å². The van der Waals surface area contributed by atoms with Gasteiger partial charge in [-0.05, 0) is 43.5 Å². The zero-order chi connectivity index (χ0) is 19.3. The Labute approximate surface area is 158 Å². The molecule has 0 radical (unpaired) electrons. The Hall–Kier alpha value is -3.55. The third-order valence-electron chi connectivity index (χ3n) is 4.97. The molecule has 5 rings (SSSR count). The van der Waals surface area contributed by atoms with Crippen molar-refractivity contribution < 1.29 is 13.6 Å². The van der Waals surface area contributed by atoms with E-state index in [-0.39, 0.29) is 11.6 Å². The Morgan fingerprint density at radius 3 is 2.79 bits per heavy atom. The summed E-state index contributed by atoms with van der Waals surface area (Å²) in [6.45, 7) is 0. The predicted molar refractivity (Wildman–Crippen MR) is 98.9 cm³/mol. The van der Waals surface area contributed by atoms with Gasteiger partial charge in [0.1, 0.15) is 6.33 Å². The first kappa shape index (κ1) is 16.6. The summed E-state index contributed by atoms with van der Waals surface area (Å²) in [5.74, 6) is -2.24. The maximum atomic E-state index is 13.7. The van der Waals surface area contributed by atoms with Crippen molar-refractivity contribution in [2.75, 3.05) is 5.43 Å². The number of imidazole rings is 1. The zero-order valence-electron chi connectivity index (χ0n) is 14.7. The molecular formula is C20H15F2N5O. The zero-order valence-corrected chi connectivity index (χ0v) is 14.7. The normalized spacial score (nSPS) is 13.1. The minimum Gasteiger partial charge on any atom is -0.266 e. The van der Waals surface area contributed by atoms with Gasteiger partial charge in [0.25, 0.3) is 5.91 Å². The van der Waals surface area contributed by atoms with Crippen molar-refractivity contribution in [3.05, 3.63) is 77.4 Å². The third-order valence-corrected chi connectivity index (χ3v) is 4.97. The van der Waals surface area contributed by atoms with Gasteiger partial charge in [-0.3, -0.25) is 10.2 Å². The van der Waals surface area contributed by atoms with Crippen molar-refractivity contribution in [1.82, 2.24) is 19.4 Å². The van der Waals surface area contributed by atoms with Gasteiger partial charge in [-0.15, -0.1) is 0 Å². The number of hydrogen-bond acceptors (Lipinski definition) is 3. The monoisotopic (exact) mass is 379 g/mol. The molecule has 0 atom stereocenters. The average Bonchev–Trinajstić information content (AvgIpc) is 3.39. The van der Waals surface area contributed by atoms with Crippen LogP contribution < -0.4 is 5.43 Å². The van der Waals surface area contributed by atoms with Crippen molar-refractivity contribution in [3.63, 3.8) is 0 Å². The number of hydrogen-bond donors (Lipinski definition) is 1. The standard InChI is InChI=1S/C20H15F2N5O/c21-14-9-8-12(10-15(14)22)27-17-7-3-4-13(17)19(24-27)20(28)25-26-11-23-16-5-1-2-6-18(16)26/h1-2,5-6,8-11H,3-4,7H2,(H,25,28). The van der Waals surface area contributed by atoms with Crippen LogP contribution in [0.15, 0.2) is 48.8 Å². The fourth-order valence-electron chi connectivity index (χ4n) is 3.66. The molecule has 2 aromatic carbocycles. The van der Waals surface area contributed by atoms with Crippen LogP contribution in [0.25, 0.3) is 16.7 Å². The highest BCUT2D eigenvalue weighted by Gasteiger charge is 2.27. The van der Waals surface area contributed by atoms with E-state index < -0.39 is 11.6 Å². The number of nitrogens with one attached hydrogen (secondary N) is 1. The molecule has 28 heavy (non-hydrogen) atoms. The van der Waals surface area contributed by atoms with Crippen LogP contribution in [0.4, 0.5) is 8.78 Å². The van der Waals surface area contributed by atoms with Crippen molar-refractivity contribution in [3.8, 4) is 5.69 Å². The topological polar surface area (TPSA) is 64.7 Å². The van der Waals surface area contributed by atoms with E-state index in [0.29, 0.717) is 12.1 Å². The van der Waals surface area contributed by atoms with Crippen molar-refractivity contribution in [1.29, 1.82) is 0 Å². The molecule has 0 fully saturated rings. The molecule has 0 unspecified atom stereocenters. The molecule has 1 aliphatic carbocycles. The minimum atomic E-state index is -0.948. The molecule has 140 valence electrons. The van der Waals surface area contributed by atoms with E-state index >= 15 is 0 Å². The highest BCUT2D eigenvalue weighted by molar-refractivity contribution is 6.00. The molecule has 2 aromatic heterocycles. The molecule has 1 aliphatic rings. The van der Waals surface area contributed by atoms with Gasteiger partial charge in [0.05, 0.1) is 16.7 Å². The van der Waals surface area contributed by atoms with E-state index in [2.05, 4.69) is 15.5 Å². The smallest absolute Gasteiger partial charge is 0.266 e. The van der Waals surface area contributed by atoms with Crippen LogP contribution in [0.5, 0.6) is 0 Å². The summed E-state index contributed by atoms with van der Waals surface area (Å²) >= 11 is 0. The predicted octanol–water partition coefficient (Wildman–Crippen LogP) is 3.37. The summed E-state index contributed by atoms with van der Waals surface area (Å²) in [6.07, 6.45) is 3.86. The maximum absolute atomic E-state index is 13.7. The van der Waals surface area contributed by atoms with E-state index in [0.717, 1.165) is 47.3 Å². The third kappa shape index (κ3) is 2.57. The van der Waals surface area contributed by atoms with Crippen LogP contribution >= 0.6 is 0 Å².